The number of hydrazone groups is 1. The average molecular weight is 514 g/mol. The molecule has 0 bridgehead atoms. The first kappa shape index (κ1) is 24.5. The molecule has 0 spiro atoms. The number of hydrogen-bond donors (Lipinski definition) is 2. The van der Waals surface area contributed by atoms with Gasteiger partial charge in [0.2, 0.25) is 5.91 Å². The largest absolute Gasteiger partial charge is 0.481 e. The van der Waals surface area contributed by atoms with Gasteiger partial charge in [0.15, 0.2) is 0 Å². The molecule has 1 aliphatic heterocycles. The minimum Gasteiger partial charge on any atom is -0.481 e. The number of amides is 1. The maximum Gasteiger partial charge on any atom is 0.303 e. The predicted octanol–water partition coefficient (Wildman–Crippen LogP) is 5.70. The highest BCUT2D eigenvalue weighted by molar-refractivity contribution is 6.30. The van der Waals surface area contributed by atoms with Gasteiger partial charge in [-0.05, 0) is 36.2 Å². The number of para-hydroxylation sites is 1. The summed E-state index contributed by atoms with van der Waals surface area (Å²) in [5.41, 5.74) is 4.73. The molecule has 0 radical (unpaired) electrons. The highest BCUT2D eigenvalue weighted by atomic mass is 35.5. The molecule has 1 amide bonds. The zero-order valence-corrected chi connectivity index (χ0v) is 20.8. The fourth-order valence-electron chi connectivity index (χ4n) is 4.78. The number of carbonyl (C=O) groups is 2. The third kappa shape index (κ3) is 4.90. The quantitative estimate of drug-likeness (QED) is 0.345. The maximum absolute atomic E-state index is 13.5. The van der Waals surface area contributed by atoms with Gasteiger partial charge in [0, 0.05) is 34.3 Å². The van der Waals surface area contributed by atoms with Gasteiger partial charge >= 0.3 is 5.97 Å². The number of carboxylic acids is 1. The van der Waals surface area contributed by atoms with Crippen molar-refractivity contribution in [2.24, 2.45) is 5.10 Å². The minimum absolute atomic E-state index is 0.199. The summed E-state index contributed by atoms with van der Waals surface area (Å²) in [6.45, 7) is 1.99. The molecule has 3 aromatic carbocycles. The van der Waals surface area contributed by atoms with Crippen molar-refractivity contribution in [2.45, 2.75) is 32.2 Å². The lowest BCUT2D eigenvalue weighted by Crippen LogP contribution is -2.27. The zero-order valence-electron chi connectivity index (χ0n) is 20.1. The van der Waals surface area contributed by atoms with Crippen LogP contribution in [0.4, 0.5) is 0 Å². The molecule has 1 atom stereocenters. The van der Waals surface area contributed by atoms with Crippen molar-refractivity contribution >= 4 is 40.1 Å². The first-order valence-corrected chi connectivity index (χ1v) is 12.3. The molecule has 37 heavy (non-hydrogen) atoms. The van der Waals surface area contributed by atoms with Gasteiger partial charge in [-0.1, -0.05) is 71.8 Å². The summed E-state index contributed by atoms with van der Waals surface area (Å²) in [6, 6.07) is 22.1. The standard InChI is InChI=1S/C29H24ClN3O4/c1-17-5-4-6-19(15-17)27-21-7-2-3-8-22(21)31-29(37)28(27)23-16-24(18-9-11-20(30)12-10-18)33(32-23)25(34)13-14-26(35)36/h2-12,15,24H,13-14,16H2,1H3,(H,31,37)(H,35,36). The minimum atomic E-state index is -1.06. The molecule has 7 nitrogen and oxygen atoms in total. The summed E-state index contributed by atoms with van der Waals surface area (Å²) in [6.07, 6.45) is -0.214. The number of aryl methyl sites for hydroxylation is 1. The summed E-state index contributed by atoms with van der Waals surface area (Å²) < 4.78 is 0. The van der Waals surface area contributed by atoms with E-state index in [1.54, 1.807) is 12.1 Å². The summed E-state index contributed by atoms with van der Waals surface area (Å²) in [5, 5.41) is 16.5. The van der Waals surface area contributed by atoms with E-state index >= 15 is 0 Å². The third-order valence-electron chi connectivity index (χ3n) is 6.49. The van der Waals surface area contributed by atoms with Crippen LogP contribution in [-0.4, -0.2) is 32.7 Å². The number of aromatic nitrogens is 1. The van der Waals surface area contributed by atoms with Gasteiger partial charge in [-0.3, -0.25) is 14.4 Å². The Labute approximate surface area is 218 Å². The number of nitrogens with zero attached hydrogens (tertiary/aromatic N) is 2. The van der Waals surface area contributed by atoms with Gasteiger partial charge < -0.3 is 10.1 Å². The highest BCUT2D eigenvalue weighted by Gasteiger charge is 2.35. The number of H-pyrrole nitrogens is 1. The van der Waals surface area contributed by atoms with Gasteiger partial charge in [-0.2, -0.15) is 5.10 Å². The lowest BCUT2D eigenvalue weighted by molar-refractivity contribution is -0.141. The number of carboxylic acid groups (broad SMARTS) is 1. The molecule has 1 aromatic heterocycles. The molecule has 2 heterocycles. The number of benzene rings is 3. The average Bonchev–Trinajstić information content (AvgIpc) is 3.32. The van der Waals surface area contributed by atoms with Crippen LogP contribution < -0.4 is 5.56 Å². The molecular weight excluding hydrogens is 490 g/mol. The number of nitrogens with one attached hydrogen (secondary N) is 1. The van der Waals surface area contributed by atoms with Crippen LogP contribution in [0.15, 0.2) is 82.7 Å². The second kappa shape index (κ2) is 10.0. The smallest absolute Gasteiger partial charge is 0.303 e. The van der Waals surface area contributed by atoms with Crippen molar-refractivity contribution in [3.8, 4) is 11.1 Å². The maximum atomic E-state index is 13.5. The van der Waals surface area contributed by atoms with Crippen molar-refractivity contribution in [1.29, 1.82) is 0 Å². The molecule has 0 fully saturated rings. The second-order valence-corrected chi connectivity index (χ2v) is 9.51. The number of aromatic amines is 1. The van der Waals surface area contributed by atoms with Crippen LogP contribution in [0.3, 0.4) is 0 Å². The lowest BCUT2D eigenvalue weighted by Gasteiger charge is -2.22. The Balaban J connectivity index is 1.69. The van der Waals surface area contributed by atoms with Gasteiger partial charge in [-0.25, -0.2) is 5.01 Å². The van der Waals surface area contributed by atoms with E-state index in [0.717, 1.165) is 27.6 Å². The number of aliphatic carboxylic acids is 1. The van der Waals surface area contributed by atoms with Crippen LogP contribution in [0.25, 0.3) is 22.0 Å². The van der Waals surface area contributed by atoms with Crippen molar-refractivity contribution in [3.05, 3.63) is 105 Å². The Kier molecular flexibility index (Phi) is 6.63. The van der Waals surface area contributed by atoms with Crippen molar-refractivity contribution in [3.63, 3.8) is 0 Å². The molecular formula is C29H24ClN3O4. The van der Waals surface area contributed by atoms with Crippen LogP contribution in [0.2, 0.25) is 5.02 Å². The van der Waals surface area contributed by atoms with Crippen LogP contribution in [0, 0.1) is 6.92 Å². The topological polar surface area (TPSA) is 103 Å². The van der Waals surface area contributed by atoms with Gasteiger partial charge in [0.25, 0.3) is 5.56 Å². The lowest BCUT2D eigenvalue weighted by atomic mass is 9.90. The van der Waals surface area contributed by atoms with Crippen molar-refractivity contribution in [1.82, 2.24) is 9.99 Å². The molecule has 0 saturated heterocycles. The van der Waals surface area contributed by atoms with Crippen LogP contribution in [0.1, 0.15) is 42.0 Å². The Hall–Kier alpha value is -4.23. The highest BCUT2D eigenvalue weighted by Crippen LogP contribution is 2.37. The van der Waals surface area contributed by atoms with Crippen LogP contribution >= 0.6 is 11.6 Å². The molecule has 0 aliphatic carbocycles. The van der Waals surface area contributed by atoms with E-state index in [-0.39, 0.29) is 18.4 Å². The van der Waals surface area contributed by atoms with Crippen LogP contribution in [0.5, 0.6) is 0 Å². The normalized spacial score (nSPS) is 15.1. The SMILES string of the molecule is Cc1cccc(-c2c(C3=NN(C(=O)CCC(=O)O)C(c4ccc(Cl)cc4)C3)c(=O)[nH]c3ccccc23)c1. The molecule has 1 aliphatic rings. The predicted molar refractivity (Wildman–Crippen MR) is 144 cm³/mol. The Morgan fingerprint density at radius 2 is 1.78 bits per heavy atom. The van der Waals surface area contributed by atoms with Crippen molar-refractivity contribution in [2.75, 3.05) is 0 Å². The fourth-order valence-corrected chi connectivity index (χ4v) is 4.91. The van der Waals surface area contributed by atoms with E-state index in [1.165, 1.54) is 5.01 Å². The first-order valence-electron chi connectivity index (χ1n) is 11.9. The Morgan fingerprint density at radius 1 is 1.03 bits per heavy atom. The monoisotopic (exact) mass is 513 g/mol. The summed E-state index contributed by atoms with van der Waals surface area (Å²) in [4.78, 5) is 40.8. The fraction of sp³-hybridized carbons (Fsp3) is 0.172. The van der Waals surface area contributed by atoms with E-state index in [9.17, 15) is 14.4 Å². The zero-order chi connectivity index (χ0) is 26.1. The number of hydrogen-bond acceptors (Lipinski definition) is 4. The van der Waals surface area contributed by atoms with Crippen molar-refractivity contribution < 1.29 is 14.7 Å². The van der Waals surface area contributed by atoms with Gasteiger partial charge in [0.1, 0.15) is 0 Å². The molecule has 2 N–H and O–H groups in total. The second-order valence-electron chi connectivity index (χ2n) is 9.07. The van der Waals surface area contributed by atoms with E-state index in [1.807, 2.05) is 67.6 Å². The van der Waals surface area contributed by atoms with Crippen LogP contribution in [-0.2, 0) is 9.59 Å². The number of fused-ring (bicyclic) bond motifs is 1. The molecule has 1 unspecified atom stereocenters. The molecule has 0 saturated carbocycles. The van der Waals surface area contributed by atoms with E-state index in [4.69, 9.17) is 16.7 Å². The Bertz CT molecular complexity index is 1610. The number of halogens is 1. The molecule has 8 heteroatoms. The van der Waals surface area contributed by atoms with E-state index in [0.29, 0.717) is 28.2 Å². The summed E-state index contributed by atoms with van der Waals surface area (Å²) in [7, 11) is 0. The Morgan fingerprint density at radius 3 is 2.51 bits per heavy atom. The first-order chi connectivity index (χ1) is 17.8. The molecule has 5 rings (SSSR count). The third-order valence-corrected chi connectivity index (χ3v) is 6.74. The number of rotatable bonds is 6. The summed E-state index contributed by atoms with van der Waals surface area (Å²) >= 11 is 6.08. The number of pyridine rings is 1. The van der Waals surface area contributed by atoms with Gasteiger partial charge in [0.05, 0.1) is 23.7 Å². The molecule has 186 valence electrons. The van der Waals surface area contributed by atoms with E-state index < -0.39 is 17.9 Å². The van der Waals surface area contributed by atoms with E-state index in [2.05, 4.69) is 10.1 Å². The molecule has 4 aromatic rings. The van der Waals surface area contributed by atoms with Gasteiger partial charge in [-0.15, -0.1) is 0 Å². The number of carbonyl (C=O) groups excluding carboxylic acids is 1. The summed E-state index contributed by atoms with van der Waals surface area (Å²) in [5.74, 6) is -1.49.